The van der Waals surface area contributed by atoms with Crippen LogP contribution >= 0.6 is 15.9 Å². The fourth-order valence-electron chi connectivity index (χ4n) is 2.91. The second-order valence-corrected chi connectivity index (χ2v) is 8.92. The molecule has 156 valence electrons. The van der Waals surface area contributed by atoms with Crippen LogP contribution in [0.2, 0.25) is 0 Å². The largest absolute Gasteiger partial charge is 0.489 e. The van der Waals surface area contributed by atoms with Crippen LogP contribution in [0, 0.1) is 0 Å². The zero-order valence-electron chi connectivity index (χ0n) is 17.4. The van der Waals surface area contributed by atoms with E-state index in [1.165, 1.54) is 0 Å². The molecule has 3 rings (SSSR count). The van der Waals surface area contributed by atoms with Crippen molar-refractivity contribution in [3.05, 3.63) is 88.4 Å². The molecule has 0 fully saturated rings. The molecule has 0 atom stereocenters. The minimum Gasteiger partial charge on any atom is -0.489 e. The minimum absolute atomic E-state index is 0.381. The fourth-order valence-corrected chi connectivity index (χ4v) is 3.45. The Morgan fingerprint density at radius 3 is 2.40 bits per heavy atom. The van der Waals surface area contributed by atoms with Crippen molar-refractivity contribution in [3.8, 4) is 16.9 Å². The molecule has 3 aromatic rings. The Labute approximate surface area is 186 Å². The number of benzene rings is 3. The number of alkyl carbamates (subject to hydrolysis) is 1. The van der Waals surface area contributed by atoms with Crippen molar-refractivity contribution in [2.75, 3.05) is 0 Å². The normalized spacial score (nSPS) is 11.1. The van der Waals surface area contributed by atoms with Crippen LogP contribution in [0.5, 0.6) is 5.75 Å². The summed E-state index contributed by atoms with van der Waals surface area (Å²) in [5.41, 5.74) is 3.66. The topological polar surface area (TPSA) is 47.6 Å². The van der Waals surface area contributed by atoms with E-state index in [4.69, 9.17) is 9.47 Å². The molecule has 0 bridgehead atoms. The first kappa shape index (κ1) is 21.9. The molecule has 1 amide bonds. The number of rotatable bonds is 6. The quantitative estimate of drug-likeness (QED) is 0.437. The molecule has 3 aromatic carbocycles. The lowest BCUT2D eigenvalue weighted by atomic mass is 10.0. The molecule has 0 saturated carbocycles. The number of ether oxygens (including phenoxy) is 2. The standard InChI is InChI=1S/C25H26BrNO3/c1-25(2,3)30-24(28)27-16-19-12-21(14-22(26)13-19)20-10-7-11-23(15-20)29-17-18-8-5-4-6-9-18/h4-15H,16-17H2,1-3H3,(H,27,28). The van der Waals surface area contributed by atoms with Crippen LogP contribution in [0.3, 0.4) is 0 Å². The molecule has 4 nitrogen and oxygen atoms in total. The van der Waals surface area contributed by atoms with Crippen molar-refractivity contribution in [2.24, 2.45) is 0 Å². The molecule has 0 spiro atoms. The Bertz CT molecular complexity index is 997. The SMILES string of the molecule is CC(C)(C)OC(=O)NCc1cc(Br)cc(-c2cccc(OCc3ccccc3)c2)c1. The van der Waals surface area contributed by atoms with Crippen molar-refractivity contribution in [3.63, 3.8) is 0 Å². The fraction of sp³-hybridized carbons (Fsp3) is 0.240. The van der Waals surface area contributed by atoms with E-state index in [2.05, 4.69) is 27.3 Å². The first-order chi connectivity index (χ1) is 14.3. The van der Waals surface area contributed by atoms with Gasteiger partial charge in [-0.1, -0.05) is 58.4 Å². The van der Waals surface area contributed by atoms with Gasteiger partial charge in [-0.05, 0) is 73.4 Å². The van der Waals surface area contributed by atoms with Crippen molar-refractivity contribution >= 4 is 22.0 Å². The Balaban J connectivity index is 1.70. The third kappa shape index (κ3) is 6.92. The number of amides is 1. The van der Waals surface area contributed by atoms with Crippen LogP contribution in [-0.2, 0) is 17.9 Å². The minimum atomic E-state index is -0.521. The number of carbonyl (C=O) groups is 1. The van der Waals surface area contributed by atoms with E-state index in [0.717, 1.165) is 32.5 Å². The van der Waals surface area contributed by atoms with Crippen LogP contribution in [0.15, 0.2) is 77.3 Å². The number of carbonyl (C=O) groups excluding carboxylic acids is 1. The Morgan fingerprint density at radius 1 is 0.900 bits per heavy atom. The molecule has 0 unspecified atom stereocenters. The van der Waals surface area contributed by atoms with Crippen LogP contribution in [0.4, 0.5) is 4.79 Å². The predicted molar refractivity (Wildman–Crippen MR) is 123 cm³/mol. The summed E-state index contributed by atoms with van der Waals surface area (Å²) in [6.07, 6.45) is -0.430. The second kappa shape index (κ2) is 9.81. The van der Waals surface area contributed by atoms with Gasteiger partial charge in [0.15, 0.2) is 0 Å². The van der Waals surface area contributed by atoms with Gasteiger partial charge in [0.05, 0.1) is 0 Å². The van der Waals surface area contributed by atoms with Crippen molar-refractivity contribution < 1.29 is 14.3 Å². The molecule has 0 saturated heterocycles. The van der Waals surface area contributed by atoms with E-state index < -0.39 is 11.7 Å². The zero-order chi connectivity index (χ0) is 21.6. The Hall–Kier alpha value is -2.79. The van der Waals surface area contributed by atoms with Crippen LogP contribution < -0.4 is 10.1 Å². The Kier molecular flexibility index (Phi) is 7.16. The molecule has 1 N–H and O–H groups in total. The summed E-state index contributed by atoms with van der Waals surface area (Å²) >= 11 is 3.57. The molecule has 0 aromatic heterocycles. The summed E-state index contributed by atoms with van der Waals surface area (Å²) in [5.74, 6) is 0.810. The van der Waals surface area contributed by atoms with Crippen molar-refractivity contribution in [1.29, 1.82) is 0 Å². The highest BCUT2D eigenvalue weighted by Crippen LogP contribution is 2.28. The first-order valence-electron chi connectivity index (χ1n) is 9.82. The smallest absolute Gasteiger partial charge is 0.407 e. The summed E-state index contributed by atoms with van der Waals surface area (Å²) in [6.45, 7) is 6.43. The lowest BCUT2D eigenvalue weighted by Gasteiger charge is -2.19. The summed E-state index contributed by atoms with van der Waals surface area (Å²) in [5, 5.41) is 2.80. The second-order valence-electron chi connectivity index (χ2n) is 8.01. The monoisotopic (exact) mass is 467 g/mol. The molecule has 0 heterocycles. The summed E-state index contributed by atoms with van der Waals surface area (Å²) in [4.78, 5) is 11.9. The molecule has 5 heteroatoms. The molecule has 0 aliphatic carbocycles. The van der Waals surface area contributed by atoms with Gasteiger partial charge >= 0.3 is 6.09 Å². The van der Waals surface area contributed by atoms with Gasteiger partial charge < -0.3 is 14.8 Å². The highest BCUT2D eigenvalue weighted by atomic mass is 79.9. The molecule has 0 aliphatic rings. The molecule has 30 heavy (non-hydrogen) atoms. The first-order valence-corrected chi connectivity index (χ1v) is 10.6. The van der Waals surface area contributed by atoms with Gasteiger partial charge in [0, 0.05) is 11.0 Å². The van der Waals surface area contributed by atoms with E-state index in [1.807, 2.05) is 87.5 Å². The van der Waals surface area contributed by atoms with Gasteiger partial charge in [0.1, 0.15) is 18.0 Å². The predicted octanol–water partition coefficient (Wildman–Crippen LogP) is 6.72. The molecule has 0 radical (unpaired) electrons. The lowest BCUT2D eigenvalue weighted by Crippen LogP contribution is -2.32. The highest BCUT2D eigenvalue weighted by molar-refractivity contribution is 9.10. The summed E-state index contributed by atoms with van der Waals surface area (Å²) < 4.78 is 12.2. The highest BCUT2D eigenvalue weighted by Gasteiger charge is 2.16. The number of hydrogen-bond acceptors (Lipinski definition) is 3. The third-order valence-corrected chi connectivity index (χ3v) is 4.67. The van der Waals surface area contributed by atoms with Gasteiger partial charge in [-0.2, -0.15) is 0 Å². The van der Waals surface area contributed by atoms with Gasteiger partial charge in [0.25, 0.3) is 0 Å². The summed E-state index contributed by atoms with van der Waals surface area (Å²) in [6, 6.07) is 24.2. The number of nitrogens with one attached hydrogen (secondary N) is 1. The zero-order valence-corrected chi connectivity index (χ0v) is 19.0. The lowest BCUT2D eigenvalue weighted by molar-refractivity contribution is 0.0523. The van der Waals surface area contributed by atoms with E-state index in [1.54, 1.807) is 0 Å². The maximum atomic E-state index is 11.9. The third-order valence-electron chi connectivity index (χ3n) is 4.21. The number of halogens is 1. The summed E-state index contributed by atoms with van der Waals surface area (Å²) in [7, 11) is 0. The van der Waals surface area contributed by atoms with E-state index in [-0.39, 0.29) is 0 Å². The van der Waals surface area contributed by atoms with Crippen molar-refractivity contribution in [1.82, 2.24) is 5.32 Å². The number of hydrogen-bond donors (Lipinski definition) is 1. The van der Waals surface area contributed by atoms with Gasteiger partial charge in [-0.3, -0.25) is 0 Å². The van der Waals surface area contributed by atoms with E-state index in [9.17, 15) is 4.79 Å². The van der Waals surface area contributed by atoms with Gasteiger partial charge in [0.2, 0.25) is 0 Å². The average molecular weight is 468 g/mol. The average Bonchev–Trinajstić information content (AvgIpc) is 2.70. The Morgan fingerprint density at radius 2 is 1.67 bits per heavy atom. The van der Waals surface area contributed by atoms with Crippen LogP contribution in [-0.4, -0.2) is 11.7 Å². The van der Waals surface area contributed by atoms with E-state index >= 15 is 0 Å². The van der Waals surface area contributed by atoms with Gasteiger partial charge in [-0.25, -0.2) is 4.79 Å². The molecule has 0 aliphatic heterocycles. The maximum absolute atomic E-state index is 11.9. The maximum Gasteiger partial charge on any atom is 0.407 e. The van der Waals surface area contributed by atoms with Gasteiger partial charge in [-0.15, -0.1) is 0 Å². The molecular formula is C25H26BrNO3. The molecular weight excluding hydrogens is 442 g/mol. The van der Waals surface area contributed by atoms with E-state index in [0.29, 0.717) is 13.2 Å². The van der Waals surface area contributed by atoms with Crippen LogP contribution in [0.25, 0.3) is 11.1 Å². The van der Waals surface area contributed by atoms with Crippen molar-refractivity contribution in [2.45, 2.75) is 39.5 Å². The van der Waals surface area contributed by atoms with Crippen LogP contribution in [0.1, 0.15) is 31.9 Å².